The topological polar surface area (TPSA) is 60.5 Å². The Kier molecular flexibility index (Phi) is 5.41. The second kappa shape index (κ2) is 7.28. The lowest BCUT2D eigenvalue weighted by molar-refractivity contribution is 0.0606. The Morgan fingerprint density at radius 2 is 2.10 bits per heavy atom. The lowest BCUT2D eigenvalue weighted by Crippen LogP contribution is -1.98. The molecule has 0 fully saturated rings. The molecule has 0 aliphatic heterocycles. The highest BCUT2D eigenvalue weighted by molar-refractivity contribution is 7.18. The molecule has 0 radical (unpaired) electrons. The summed E-state index contributed by atoms with van der Waals surface area (Å²) in [4.78, 5) is 15.8. The summed E-state index contributed by atoms with van der Waals surface area (Å²) in [6, 6.07) is 7.49. The van der Waals surface area contributed by atoms with Gasteiger partial charge in [-0.25, -0.2) is 9.78 Å². The Morgan fingerprint density at radius 3 is 2.71 bits per heavy atom. The summed E-state index contributed by atoms with van der Waals surface area (Å²) >= 11 is 7.05. The highest BCUT2D eigenvalue weighted by Crippen LogP contribution is 2.30. The van der Waals surface area contributed by atoms with Gasteiger partial charge in [-0.05, 0) is 30.7 Å². The molecule has 5 nitrogen and oxygen atoms in total. The smallest absolute Gasteiger partial charge is 0.351 e. The average molecular weight is 327 g/mol. The van der Waals surface area contributed by atoms with Crippen LogP contribution in [0, 0.1) is 0 Å². The Labute approximate surface area is 131 Å². The van der Waals surface area contributed by atoms with Gasteiger partial charge < -0.3 is 14.8 Å². The zero-order chi connectivity index (χ0) is 15.2. The van der Waals surface area contributed by atoms with E-state index in [1.54, 1.807) is 0 Å². The number of rotatable bonds is 6. The van der Waals surface area contributed by atoms with Crippen molar-refractivity contribution in [2.24, 2.45) is 0 Å². The summed E-state index contributed by atoms with van der Waals surface area (Å²) in [5, 5.41) is 3.75. The molecule has 0 aliphatic carbocycles. The number of anilines is 2. The number of nitrogens with zero attached hydrogens (tertiary/aromatic N) is 1. The summed E-state index contributed by atoms with van der Waals surface area (Å²) in [6.07, 6.45) is 0.966. The minimum atomic E-state index is -0.492. The lowest BCUT2D eigenvalue weighted by Gasteiger charge is -2.06. The van der Waals surface area contributed by atoms with Crippen molar-refractivity contribution in [2.75, 3.05) is 19.0 Å². The van der Waals surface area contributed by atoms with Crippen LogP contribution in [0.15, 0.2) is 24.3 Å². The standard InChI is InChI=1S/C14H15ClN2O3S/c1-3-8-20-10-6-4-9(5-7-10)16-14-17-12(15)11(21-14)13(18)19-2/h4-7H,3,8H2,1-2H3,(H,16,17). The monoisotopic (exact) mass is 326 g/mol. The summed E-state index contributed by atoms with van der Waals surface area (Å²) in [5.74, 6) is 0.323. The van der Waals surface area contributed by atoms with E-state index in [2.05, 4.69) is 22.0 Å². The number of benzene rings is 1. The maximum atomic E-state index is 11.5. The largest absolute Gasteiger partial charge is 0.494 e. The summed E-state index contributed by atoms with van der Waals surface area (Å²) < 4.78 is 10.1. The van der Waals surface area contributed by atoms with E-state index in [1.807, 2.05) is 24.3 Å². The van der Waals surface area contributed by atoms with Gasteiger partial charge >= 0.3 is 5.97 Å². The zero-order valence-corrected chi connectivity index (χ0v) is 13.3. The Balaban J connectivity index is 2.06. The zero-order valence-electron chi connectivity index (χ0n) is 11.7. The first kappa shape index (κ1) is 15.6. The molecule has 2 aromatic rings. The van der Waals surface area contributed by atoms with E-state index in [0.717, 1.165) is 29.2 Å². The molecule has 0 bridgehead atoms. The van der Waals surface area contributed by atoms with Gasteiger partial charge in [0.15, 0.2) is 15.2 Å². The number of hydrogen-bond donors (Lipinski definition) is 1. The molecule has 2 rings (SSSR count). The van der Waals surface area contributed by atoms with Crippen LogP contribution >= 0.6 is 22.9 Å². The molecule has 0 atom stereocenters. The highest BCUT2D eigenvalue weighted by atomic mass is 35.5. The molecule has 0 amide bonds. The third-order valence-electron chi connectivity index (χ3n) is 2.54. The van der Waals surface area contributed by atoms with Crippen LogP contribution in [0.25, 0.3) is 0 Å². The van der Waals surface area contributed by atoms with Gasteiger partial charge in [-0.2, -0.15) is 0 Å². The first-order valence-corrected chi connectivity index (χ1v) is 7.58. The van der Waals surface area contributed by atoms with Crippen LogP contribution in [-0.2, 0) is 4.74 Å². The van der Waals surface area contributed by atoms with Gasteiger partial charge in [0.2, 0.25) is 0 Å². The molecule has 1 N–H and O–H groups in total. The second-order valence-corrected chi connectivity index (χ2v) is 5.49. The first-order valence-electron chi connectivity index (χ1n) is 6.38. The minimum Gasteiger partial charge on any atom is -0.494 e. The fraction of sp³-hybridized carbons (Fsp3) is 0.286. The number of ether oxygens (including phenoxy) is 2. The maximum absolute atomic E-state index is 11.5. The molecule has 0 unspecified atom stereocenters. The van der Waals surface area contributed by atoms with Crippen LogP contribution in [0.5, 0.6) is 5.75 Å². The van der Waals surface area contributed by atoms with Crippen LogP contribution < -0.4 is 10.1 Å². The fourth-order valence-corrected chi connectivity index (χ4v) is 2.67. The van der Waals surface area contributed by atoms with E-state index < -0.39 is 5.97 Å². The molecule has 1 aromatic heterocycles. The van der Waals surface area contributed by atoms with Crippen LogP contribution in [0.4, 0.5) is 10.8 Å². The van der Waals surface area contributed by atoms with Crippen molar-refractivity contribution in [2.45, 2.75) is 13.3 Å². The summed E-state index contributed by atoms with van der Waals surface area (Å²) in [7, 11) is 1.31. The Bertz CT molecular complexity index is 613. The number of hydrogen-bond acceptors (Lipinski definition) is 6. The van der Waals surface area contributed by atoms with Crippen molar-refractivity contribution >= 4 is 39.7 Å². The molecule has 7 heteroatoms. The number of methoxy groups -OCH3 is 1. The number of halogens is 1. The maximum Gasteiger partial charge on any atom is 0.351 e. The molecule has 112 valence electrons. The molecule has 0 aliphatic rings. The van der Waals surface area contributed by atoms with Gasteiger partial charge in [-0.1, -0.05) is 29.9 Å². The predicted molar refractivity (Wildman–Crippen MR) is 84.0 cm³/mol. The number of aromatic nitrogens is 1. The van der Waals surface area contributed by atoms with E-state index in [9.17, 15) is 4.79 Å². The van der Waals surface area contributed by atoms with Gasteiger partial charge in [0.1, 0.15) is 5.75 Å². The number of thiazole rings is 1. The Morgan fingerprint density at radius 1 is 1.38 bits per heavy atom. The van der Waals surface area contributed by atoms with E-state index in [0.29, 0.717) is 11.7 Å². The lowest BCUT2D eigenvalue weighted by atomic mass is 10.3. The summed E-state index contributed by atoms with van der Waals surface area (Å²) in [5.41, 5.74) is 0.834. The third kappa shape index (κ3) is 4.09. The molecular formula is C14H15ClN2O3S. The van der Waals surface area contributed by atoms with Crippen LogP contribution in [-0.4, -0.2) is 24.7 Å². The highest BCUT2D eigenvalue weighted by Gasteiger charge is 2.17. The predicted octanol–water partition coefficient (Wildman–Crippen LogP) is 4.12. The SMILES string of the molecule is CCCOc1ccc(Nc2nc(Cl)c(C(=O)OC)s2)cc1. The van der Waals surface area contributed by atoms with Crippen molar-refractivity contribution in [1.82, 2.24) is 4.98 Å². The Hall–Kier alpha value is -1.79. The first-order chi connectivity index (χ1) is 10.1. The normalized spacial score (nSPS) is 10.2. The number of esters is 1. The van der Waals surface area contributed by atoms with Gasteiger partial charge in [0, 0.05) is 5.69 Å². The number of carbonyl (C=O) groups is 1. The van der Waals surface area contributed by atoms with E-state index in [-0.39, 0.29) is 10.0 Å². The van der Waals surface area contributed by atoms with Crippen LogP contribution in [0.1, 0.15) is 23.0 Å². The molecule has 1 aromatic carbocycles. The van der Waals surface area contributed by atoms with Gasteiger partial charge in [-0.3, -0.25) is 0 Å². The minimum absolute atomic E-state index is 0.136. The van der Waals surface area contributed by atoms with Crippen LogP contribution in [0.2, 0.25) is 5.15 Å². The number of carbonyl (C=O) groups excluding carboxylic acids is 1. The molecule has 0 spiro atoms. The summed E-state index contributed by atoms with van der Waals surface area (Å²) in [6.45, 7) is 2.75. The van der Waals surface area contributed by atoms with Gasteiger partial charge in [0.05, 0.1) is 13.7 Å². The van der Waals surface area contributed by atoms with E-state index >= 15 is 0 Å². The van der Waals surface area contributed by atoms with Crippen molar-refractivity contribution in [3.05, 3.63) is 34.3 Å². The average Bonchev–Trinajstić information content (AvgIpc) is 2.86. The number of nitrogens with one attached hydrogen (secondary N) is 1. The van der Waals surface area contributed by atoms with E-state index in [4.69, 9.17) is 16.3 Å². The van der Waals surface area contributed by atoms with Crippen molar-refractivity contribution < 1.29 is 14.3 Å². The molecule has 0 saturated heterocycles. The molecule has 21 heavy (non-hydrogen) atoms. The molecular weight excluding hydrogens is 312 g/mol. The molecule has 0 saturated carbocycles. The van der Waals surface area contributed by atoms with Crippen molar-refractivity contribution in [3.8, 4) is 5.75 Å². The molecule has 1 heterocycles. The third-order valence-corrected chi connectivity index (χ3v) is 3.87. The van der Waals surface area contributed by atoms with Crippen LogP contribution in [0.3, 0.4) is 0 Å². The van der Waals surface area contributed by atoms with Crippen molar-refractivity contribution in [3.63, 3.8) is 0 Å². The van der Waals surface area contributed by atoms with E-state index in [1.165, 1.54) is 7.11 Å². The van der Waals surface area contributed by atoms with Gasteiger partial charge in [-0.15, -0.1) is 0 Å². The van der Waals surface area contributed by atoms with Crippen molar-refractivity contribution in [1.29, 1.82) is 0 Å². The quantitative estimate of drug-likeness (QED) is 0.809. The fourth-order valence-electron chi connectivity index (χ4n) is 1.55. The van der Waals surface area contributed by atoms with Gasteiger partial charge in [0.25, 0.3) is 0 Å². The second-order valence-electron chi connectivity index (χ2n) is 4.13.